The first kappa shape index (κ1) is 26.6. The fourth-order valence-electron chi connectivity index (χ4n) is 4.04. The number of nitriles is 1. The molecule has 0 aromatic carbocycles. The normalized spacial score (nSPS) is 16.8. The highest BCUT2D eigenvalue weighted by Crippen LogP contribution is 2.24. The largest absolute Gasteiger partial charge is 0.444 e. The van der Waals surface area contributed by atoms with Crippen molar-refractivity contribution < 1.29 is 22.7 Å². The summed E-state index contributed by atoms with van der Waals surface area (Å²) < 4.78 is 46.1. The molecule has 1 aromatic heterocycles. The SMILES string of the molecule is CCC/C=c1/c(C#N)c(N2CCC(NC(=O)OC(C)(C)C)CC2)n(CC)/c1=C/CC(F)(F)F. The molecular formula is C24H35F3N4O2. The maximum Gasteiger partial charge on any atom is 0.407 e. The molecule has 1 fully saturated rings. The van der Waals surface area contributed by atoms with Gasteiger partial charge in [0, 0.05) is 36.2 Å². The number of halogens is 3. The van der Waals surface area contributed by atoms with Crippen LogP contribution in [0.5, 0.6) is 0 Å². The van der Waals surface area contributed by atoms with Crippen LogP contribution < -0.4 is 20.8 Å². The van der Waals surface area contributed by atoms with Crippen molar-refractivity contribution in [3.63, 3.8) is 0 Å². The lowest BCUT2D eigenvalue weighted by molar-refractivity contribution is -0.122. The first-order valence-electron chi connectivity index (χ1n) is 11.5. The third kappa shape index (κ3) is 7.44. The molecule has 1 amide bonds. The third-order valence-corrected chi connectivity index (χ3v) is 5.42. The standard InChI is InChI=1S/C24H35F3N4O2/c1-6-8-9-18-19(16-28)21(31(7-2)20(18)10-13-24(25,26)27)30-14-11-17(12-15-30)29-22(32)33-23(3,4)5/h9-10,17H,6-8,11-15H2,1-5H3,(H,29,32)/b18-9-,20-10+. The number of alkyl halides is 3. The molecule has 0 radical (unpaired) electrons. The van der Waals surface area contributed by atoms with Crippen molar-refractivity contribution in [2.45, 2.75) is 91.1 Å². The summed E-state index contributed by atoms with van der Waals surface area (Å²) in [5.74, 6) is 0.659. The summed E-state index contributed by atoms with van der Waals surface area (Å²) in [6.07, 6.45) is 0.0349. The van der Waals surface area contributed by atoms with Gasteiger partial charge in [-0.05, 0) is 47.0 Å². The molecule has 2 rings (SSSR count). The van der Waals surface area contributed by atoms with Gasteiger partial charge in [0.25, 0.3) is 0 Å². The van der Waals surface area contributed by atoms with Crippen molar-refractivity contribution >= 4 is 24.1 Å². The predicted molar refractivity (Wildman–Crippen MR) is 123 cm³/mol. The molecule has 1 saturated heterocycles. The molecule has 1 aliphatic rings. The first-order valence-corrected chi connectivity index (χ1v) is 11.5. The van der Waals surface area contributed by atoms with Crippen LogP contribution in [0, 0.1) is 11.3 Å². The van der Waals surface area contributed by atoms with E-state index in [1.165, 1.54) is 6.08 Å². The van der Waals surface area contributed by atoms with Gasteiger partial charge in [-0.15, -0.1) is 0 Å². The maximum absolute atomic E-state index is 13.0. The van der Waals surface area contributed by atoms with Gasteiger partial charge in [-0.3, -0.25) is 0 Å². The zero-order valence-corrected chi connectivity index (χ0v) is 20.2. The Hall–Kier alpha value is -2.63. The molecule has 9 heteroatoms. The maximum atomic E-state index is 13.0. The summed E-state index contributed by atoms with van der Waals surface area (Å²) >= 11 is 0. The first-order chi connectivity index (χ1) is 15.4. The third-order valence-electron chi connectivity index (χ3n) is 5.42. The highest BCUT2D eigenvalue weighted by atomic mass is 19.4. The lowest BCUT2D eigenvalue weighted by Gasteiger charge is -2.34. The second kappa shape index (κ2) is 11.0. The van der Waals surface area contributed by atoms with E-state index >= 15 is 0 Å². The van der Waals surface area contributed by atoms with Gasteiger partial charge in [-0.2, -0.15) is 18.4 Å². The predicted octanol–water partition coefficient (Wildman–Crippen LogP) is 4.19. The van der Waals surface area contributed by atoms with Crippen LogP contribution in [-0.2, 0) is 11.3 Å². The molecule has 1 N–H and O–H groups in total. The lowest BCUT2D eigenvalue weighted by atomic mass is 10.0. The van der Waals surface area contributed by atoms with Crippen molar-refractivity contribution in [3.05, 3.63) is 16.1 Å². The number of anilines is 1. The molecule has 0 saturated carbocycles. The minimum atomic E-state index is -4.32. The summed E-state index contributed by atoms with van der Waals surface area (Å²) in [4.78, 5) is 14.1. The average molecular weight is 469 g/mol. The van der Waals surface area contributed by atoms with Gasteiger partial charge in [0.15, 0.2) is 0 Å². The van der Waals surface area contributed by atoms with E-state index in [1.54, 1.807) is 20.8 Å². The van der Waals surface area contributed by atoms with Gasteiger partial charge < -0.3 is 19.5 Å². The number of hydrogen-bond donors (Lipinski definition) is 1. The van der Waals surface area contributed by atoms with E-state index in [1.807, 2.05) is 29.4 Å². The number of unbranched alkanes of at least 4 members (excludes halogenated alkanes) is 1. The number of ether oxygens (including phenoxy) is 1. The van der Waals surface area contributed by atoms with Crippen molar-refractivity contribution in [2.75, 3.05) is 18.0 Å². The van der Waals surface area contributed by atoms with Crippen molar-refractivity contribution in [3.8, 4) is 6.07 Å². The smallest absolute Gasteiger partial charge is 0.407 e. The van der Waals surface area contributed by atoms with E-state index in [9.17, 15) is 23.2 Å². The highest BCUT2D eigenvalue weighted by Gasteiger charge is 2.29. The summed E-state index contributed by atoms with van der Waals surface area (Å²) in [5.41, 5.74) is -0.166. The van der Waals surface area contributed by atoms with Crippen molar-refractivity contribution in [1.29, 1.82) is 5.26 Å². The van der Waals surface area contributed by atoms with E-state index in [-0.39, 0.29) is 6.04 Å². The Kier molecular flexibility index (Phi) is 8.87. The monoisotopic (exact) mass is 468 g/mol. The zero-order chi connectivity index (χ0) is 24.8. The second-order valence-corrected chi connectivity index (χ2v) is 9.28. The second-order valence-electron chi connectivity index (χ2n) is 9.28. The summed E-state index contributed by atoms with van der Waals surface area (Å²) in [6, 6.07) is 2.19. The van der Waals surface area contributed by atoms with Crippen LogP contribution >= 0.6 is 0 Å². The van der Waals surface area contributed by atoms with Gasteiger partial charge in [-0.25, -0.2) is 4.79 Å². The van der Waals surface area contributed by atoms with E-state index in [2.05, 4.69) is 11.4 Å². The Morgan fingerprint density at radius 1 is 1.21 bits per heavy atom. The number of alkyl carbamates (subject to hydrolysis) is 1. The number of rotatable bonds is 6. The Bertz CT molecular complexity index is 976. The number of amides is 1. The fraction of sp³-hybridized carbons (Fsp3) is 0.667. The lowest BCUT2D eigenvalue weighted by Crippen LogP contribution is -2.46. The minimum absolute atomic E-state index is 0.0611. The van der Waals surface area contributed by atoms with Crippen LogP contribution in [0.2, 0.25) is 0 Å². The molecule has 0 unspecified atom stereocenters. The van der Waals surface area contributed by atoms with Crippen LogP contribution in [0.25, 0.3) is 12.2 Å². The summed E-state index contributed by atoms with van der Waals surface area (Å²) in [6.45, 7) is 10.9. The molecular weight excluding hydrogens is 433 g/mol. The molecule has 0 bridgehead atoms. The molecule has 6 nitrogen and oxygen atoms in total. The summed E-state index contributed by atoms with van der Waals surface area (Å²) in [5, 5.41) is 13.9. The van der Waals surface area contributed by atoms with Gasteiger partial charge in [0.1, 0.15) is 23.1 Å². The van der Waals surface area contributed by atoms with Crippen LogP contribution in [0.1, 0.15) is 72.3 Å². The number of hydrogen-bond acceptors (Lipinski definition) is 4. The quantitative estimate of drug-likeness (QED) is 0.680. The number of piperidine rings is 1. The average Bonchev–Trinajstić information content (AvgIpc) is 3.01. The number of nitrogens with zero attached hydrogens (tertiary/aromatic N) is 3. The minimum Gasteiger partial charge on any atom is -0.444 e. The van der Waals surface area contributed by atoms with Crippen LogP contribution in [0.4, 0.5) is 23.8 Å². The van der Waals surface area contributed by atoms with E-state index in [0.717, 1.165) is 6.42 Å². The zero-order valence-electron chi connectivity index (χ0n) is 20.2. The van der Waals surface area contributed by atoms with Gasteiger partial charge in [0.2, 0.25) is 0 Å². The summed E-state index contributed by atoms with van der Waals surface area (Å²) in [7, 11) is 0. The molecule has 1 aliphatic heterocycles. The van der Waals surface area contributed by atoms with Gasteiger partial charge in [0.05, 0.1) is 6.42 Å². The topological polar surface area (TPSA) is 70.3 Å². The molecule has 0 spiro atoms. The number of nitrogens with one attached hydrogen (secondary N) is 1. The number of aromatic nitrogens is 1. The van der Waals surface area contributed by atoms with Crippen molar-refractivity contribution in [2.24, 2.45) is 0 Å². The fourth-order valence-corrected chi connectivity index (χ4v) is 4.04. The Morgan fingerprint density at radius 3 is 2.33 bits per heavy atom. The molecule has 1 aromatic rings. The van der Waals surface area contributed by atoms with Crippen LogP contribution in [-0.4, -0.2) is 41.6 Å². The molecule has 2 heterocycles. The van der Waals surface area contributed by atoms with Gasteiger partial charge >= 0.3 is 12.3 Å². The van der Waals surface area contributed by atoms with Gasteiger partial charge in [-0.1, -0.05) is 25.5 Å². The number of carbonyl (C=O) groups is 1. The molecule has 0 atom stereocenters. The molecule has 0 aliphatic carbocycles. The highest BCUT2D eigenvalue weighted by molar-refractivity contribution is 5.68. The van der Waals surface area contributed by atoms with Crippen LogP contribution in [0.15, 0.2) is 0 Å². The Morgan fingerprint density at radius 2 is 1.85 bits per heavy atom. The number of carbonyl (C=O) groups excluding carboxylic acids is 1. The van der Waals surface area contributed by atoms with E-state index < -0.39 is 24.3 Å². The van der Waals surface area contributed by atoms with E-state index in [4.69, 9.17) is 4.74 Å². The molecule has 33 heavy (non-hydrogen) atoms. The van der Waals surface area contributed by atoms with E-state index in [0.29, 0.717) is 60.8 Å². The Balaban J connectivity index is 2.36. The molecule has 184 valence electrons. The van der Waals surface area contributed by atoms with Crippen LogP contribution in [0.3, 0.4) is 0 Å². The Labute approximate surface area is 193 Å². The van der Waals surface area contributed by atoms with Crippen molar-refractivity contribution in [1.82, 2.24) is 9.88 Å².